The summed E-state index contributed by atoms with van der Waals surface area (Å²) in [4.78, 5) is 0. The Morgan fingerprint density at radius 1 is 1.39 bits per heavy atom. The van der Waals surface area contributed by atoms with E-state index in [0.29, 0.717) is 6.07 Å². The van der Waals surface area contributed by atoms with Crippen LogP contribution in [0.15, 0.2) is 12.1 Å². The Morgan fingerprint density at radius 2 is 1.94 bits per heavy atom. The van der Waals surface area contributed by atoms with Gasteiger partial charge in [-0.1, -0.05) is 11.6 Å². The summed E-state index contributed by atoms with van der Waals surface area (Å²) in [6.07, 6.45) is -4.65. The molecule has 0 aliphatic heterocycles. The van der Waals surface area contributed by atoms with Crippen LogP contribution in [-0.4, -0.2) is 12.8 Å². The molecule has 0 radical (unpaired) electrons. The van der Waals surface area contributed by atoms with Crippen molar-refractivity contribution in [2.75, 3.05) is 6.61 Å². The number of nitrogens with two attached hydrogens (primary N) is 1. The third-order valence-electron chi connectivity index (χ3n) is 2.02. The summed E-state index contributed by atoms with van der Waals surface area (Å²) in [6, 6.07) is -0.645. The van der Waals surface area contributed by atoms with E-state index in [9.17, 15) is 17.6 Å². The number of benzene rings is 1. The van der Waals surface area contributed by atoms with Crippen LogP contribution in [0.4, 0.5) is 17.6 Å². The Morgan fingerprint density at radius 3 is 2.33 bits per heavy atom. The van der Waals surface area contributed by atoms with Crippen LogP contribution in [0.25, 0.3) is 0 Å². The van der Waals surface area contributed by atoms with Crippen LogP contribution in [0.3, 0.4) is 0 Å². The van der Waals surface area contributed by atoms with Crippen LogP contribution >= 0.6 is 24.0 Å². The largest absolute Gasteiger partial charge is 0.489 e. The van der Waals surface area contributed by atoms with E-state index in [0.717, 1.165) is 6.07 Å². The zero-order chi connectivity index (χ0) is 13.2. The third kappa shape index (κ3) is 3.90. The highest BCUT2D eigenvalue weighted by Crippen LogP contribution is 2.36. The van der Waals surface area contributed by atoms with Crippen LogP contribution in [-0.2, 0) is 0 Å². The van der Waals surface area contributed by atoms with Crippen molar-refractivity contribution < 1.29 is 22.3 Å². The predicted molar refractivity (Wildman–Crippen MR) is 62.8 cm³/mol. The molecule has 0 aliphatic carbocycles. The maximum atomic E-state index is 13.4. The van der Waals surface area contributed by atoms with Crippen molar-refractivity contribution >= 4 is 24.0 Å². The average molecular weight is 308 g/mol. The van der Waals surface area contributed by atoms with Crippen LogP contribution in [0.2, 0.25) is 5.02 Å². The second-order valence-corrected chi connectivity index (χ2v) is 3.67. The van der Waals surface area contributed by atoms with E-state index >= 15 is 0 Å². The normalized spacial score (nSPS) is 12.8. The number of alkyl halides is 3. The number of hydrogen-bond acceptors (Lipinski definition) is 2. The van der Waals surface area contributed by atoms with Crippen molar-refractivity contribution in [1.82, 2.24) is 0 Å². The lowest BCUT2D eigenvalue weighted by Crippen LogP contribution is -2.28. The zero-order valence-corrected chi connectivity index (χ0v) is 10.8. The van der Waals surface area contributed by atoms with Gasteiger partial charge in [0, 0.05) is 0 Å². The first-order valence-corrected chi connectivity index (χ1v) is 5.09. The molecule has 0 bridgehead atoms. The maximum absolute atomic E-state index is 13.4. The summed E-state index contributed by atoms with van der Waals surface area (Å²) in [7, 11) is 0. The molecule has 0 unspecified atom stereocenters. The first kappa shape index (κ1) is 17.3. The Bertz CT molecular complexity index is 388. The summed E-state index contributed by atoms with van der Waals surface area (Å²) in [5.74, 6) is -1.23. The maximum Gasteiger partial charge on any atom is 0.407 e. The van der Waals surface area contributed by atoms with Gasteiger partial charge < -0.3 is 10.5 Å². The molecule has 2 N–H and O–H groups in total. The molecular weight excluding hydrogens is 297 g/mol. The van der Waals surface area contributed by atoms with E-state index < -0.39 is 23.6 Å². The van der Waals surface area contributed by atoms with E-state index in [-0.39, 0.29) is 29.8 Å². The fraction of sp³-hybridized carbons (Fsp3) is 0.400. The first-order chi connectivity index (χ1) is 7.77. The molecule has 0 saturated carbocycles. The Hall–Kier alpha value is -0.720. The smallest absolute Gasteiger partial charge is 0.407 e. The summed E-state index contributed by atoms with van der Waals surface area (Å²) < 4.78 is 55.2. The van der Waals surface area contributed by atoms with Crippen molar-refractivity contribution in [3.05, 3.63) is 28.5 Å². The summed E-state index contributed by atoms with van der Waals surface area (Å²) in [5.41, 5.74) is 4.50. The molecule has 2 nitrogen and oxygen atoms in total. The van der Waals surface area contributed by atoms with Gasteiger partial charge in [0.15, 0.2) is 11.6 Å². The molecule has 0 spiro atoms. The van der Waals surface area contributed by atoms with Crippen molar-refractivity contribution in [3.8, 4) is 5.75 Å². The van der Waals surface area contributed by atoms with Crippen molar-refractivity contribution in [2.24, 2.45) is 5.73 Å². The Kier molecular flexibility index (Phi) is 6.19. The van der Waals surface area contributed by atoms with Gasteiger partial charge in [0.25, 0.3) is 0 Å². The summed E-state index contributed by atoms with van der Waals surface area (Å²) >= 11 is 5.62. The van der Waals surface area contributed by atoms with Crippen molar-refractivity contribution in [3.63, 3.8) is 0 Å². The van der Waals surface area contributed by atoms with Gasteiger partial charge in [0.05, 0.1) is 11.6 Å². The van der Waals surface area contributed by atoms with Gasteiger partial charge >= 0.3 is 6.18 Å². The quantitative estimate of drug-likeness (QED) is 0.861. The molecule has 0 aliphatic rings. The van der Waals surface area contributed by atoms with E-state index in [2.05, 4.69) is 0 Å². The zero-order valence-electron chi connectivity index (χ0n) is 9.22. The van der Waals surface area contributed by atoms with E-state index in [1.54, 1.807) is 6.92 Å². The third-order valence-corrected chi connectivity index (χ3v) is 2.30. The second-order valence-electron chi connectivity index (χ2n) is 3.27. The van der Waals surface area contributed by atoms with Gasteiger partial charge in [-0.2, -0.15) is 13.2 Å². The molecule has 104 valence electrons. The molecule has 0 heterocycles. The Balaban J connectivity index is 0.00000289. The molecule has 8 heteroatoms. The average Bonchev–Trinajstić information content (AvgIpc) is 2.20. The lowest BCUT2D eigenvalue weighted by atomic mass is 10.1. The fourth-order valence-electron chi connectivity index (χ4n) is 1.23. The minimum atomic E-state index is -4.65. The van der Waals surface area contributed by atoms with Gasteiger partial charge in [0.1, 0.15) is 6.04 Å². The van der Waals surface area contributed by atoms with E-state index in [1.807, 2.05) is 0 Å². The van der Waals surface area contributed by atoms with Crippen molar-refractivity contribution in [1.29, 1.82) is 0 Å². The topological polar surface area (TPSA) is 35.2 Å². The highest BCUT2D eigenvalue weighted by Gasteiger charge is 2.38. The fourth-order valence-corrected chi connectivity index (χ4v) is 1.50. The van der Waals surface area contributed by atoms with Crippen LogP contribution in [0.5, 0.6) is 5.75 Å². The van der Waals surface area contributed by atoms with Gasteiger partial charge in [-0.15, -0.1) is 12.4 Å². The highest BCUT2D eigenvalue weighted by molar-refractivity contribution is 6.32. The second kappa shape index (κ2) is 6.45. The highest BCUT2D eigenvalue weighted by atomic mass is 35.5. The lowest BCUT2D eigenvalue weighted by Gasteiger charge is -2.17. The lowest BCUT2D eigenvalue weighted by molar-refractivity contribution is -0.149. The van der Waals surface area contributed by atoms with Crippen LogP contribution in [0.1, 0.15) is 18.5 Å². The molecule has 0 amide bonds. The van der Waals surface area contributed by atoms with Gasteiger partial charge in [-0.05, 0) is 24.6 Å². The molecule has 0 fully saturated rings. The van der Waals surface area contributed by atoms with Crippen molar-refractivity contribution in [2.45, 2.75) is 19.1 Å². The monoisotopic (exact) mass is 307 g/mol. The molecular formula is C10H11Cl2F4NO. The predicted octanol–water partition coefficient (Wildman–Crippen LogP) is 3.86. The molecule has 1 aromatic carbocycles. The van der Waals surface area contributed by atoms with E-state index in [1.165, 1.54) is 0 Å². The summed E-state index contributed by atoms with van der Waals surface area (Å²) in [6.45, 7) is 1.76. The first-order valence-electron chi connectivity index (χ1n) is 4.71. The van der Waals surface area contributed by atoms with Gasteiger partial charge in [-0.25, -0.2) is 4.39 Å². The SMILES string of the molecule is CCOc1c(F)cc([C@H](N)C(F)(F)F)cc1Cl.Cl. The molecule has 18 heavy (non-hydrogen) atoms. The van der Waals surface area contributed by atoms with Gasteiger partial charge in [-0.3, -0.25) is 0 Å². The molecule has 1 rings (SSSR count). The number of hydrogen-bond donors (Lipinski definition) is 1. The van der Waals surface area contributed by atoms with Crippen LogP contribution < -0.4 is 10.5 Å². The molecule has 0 aromatic heterocycles. The number of rotatable bonds is 3. The minimum Gasteiger partial charge on any atom is -0.489 e. The molecule has 1 aromatic rings. The molecule has 1 atom stereocenters. The van der Waals surface area contributed by atoms with E-state index in [4.69, 9.17) is 22.1 Å². The minimum absolute atomic E-state index is 0. The molecule has 0 saturated heterocycles. The van der Waals surface area contributed by atoms with Crippen LogP contribution in [0, 0.1) is 5.82 Å². The Labute approximate surface area is 112 Å². The number of halogens is 6. The summed E-state index contributed by atoms with van der Waals surface area (Å²) in [5, 5.41) is -0.235. The standard InChI is InChI=1S/C10H10ClF4NO.ClH/c1-2-17-8-6(11)3-5(4-7(8)12)9(16)10(13,14)15;/h3-4,9H,2,16H2,1H3;1H/t9-;/m0./s1. The number of ether oxygens (including phenoxy) is 1. The van der Waals surface area contributed by atoms with Gasteiger partial charge in [0.2, 0.25) is 0 Å².